The van der Waals surface area contributed by atoms with Crippen molar-refractivity contribution >= 4 is 24.3 Å². The third-order valence-electron chi connectivity index (χ3n) is 17.7. The summed E-state index contributed by atoms with van der Waals surface area (Å²) in [5.41, 5.74) is 9.04. The Morgan fingerprint density at radius 2 is 0.485 bits per heavy atom. The van der Waals surface area contributed by atoms with Crippen molar-refractivity contribution < 1.29 is 37.9 Å². The molecule has 12 heteroatoms. The third kappa shape index (κ3) is 12.9. The van der Waals surface area contributed by atoms with Gasteiger partial charge in [-0.3, -0.25) is 0 Å². The van der Waals surface area contributed by atoms with Crippen LogP contribution in [0.2, 0.25) is 0 Å². The van der Waals surface area contributed by atoms with E-state index in [1.165, 1.54) is 0 Å². The van der Waals surface area contributed by atoms with Gasteiger partial charge in [-0.05, 0) is 239 Å². The molecule has 12 rings (SSSR count). The molecule has 0 N–H and O–H groups in total. The van der Waals surface area contributed by atoms with Crippen molar-refractivity contribution in [3.63, 3.8) is 0 Å². The fourth-order valence-corrected chi connectivity index (χ4v) is 13.3. The zero-order valence-corrected chi connectivity index (χ0v) is 55.3. The Labute approximate surface area is 566 Å². The number of nitrogens with zero attached hydrogens (tertiary/aromatic N) is 4. The van der Waals surface area contributed by atoms with Gasteiger partial charge in [0.05, 0.1) is 0 Å². The van der Waals surface area contributed by atoms with Gasteiger partial charge in [-0.1, -0.05) is 127 Å². The molecule has 0 aliphatic heterocycles. The van der Waals surface area contributed by atoms with E-state index in [0.29, 0.717) is 35.8 Å². The molecule has 0 heterocycles. The predicted molar refractivity (Wildman–Crippen MR) is 379 cm³/mol. The van der Waals surface area contributed by atoms with Crippen LogP contribution in [0.1, 0.15) is 130 Å². The van der Waals surface area contributed by atoms with Gasteiger partial charge in [0.15, 0.2) is 23.0 Å². The lowest BCUT2D eigenvalue weighted by molar-refractivity contribution is 0.349. The van der Waals surface area contributed by atoms with Gasteiger partial charge in [-0.25, -0.2) is 0 Å². The molecule has 0 unspecified atom stereocenters. The van der Waals surface area contributed by atoms with Crippen LogP contribution in [-0.4, -0.2) is 0 Å². The molecule has 0 amide bonds. The predicted octanol–water partition coefficient (Wildman–Crippen LogP) is 23.0. The van der Waals surface area contributed by atoms with E-state index in [0.717, 1.165) is 66.8 Å². The van der Waals surface area contributed by atoms with Gasteiger partial charge in [0, 0.05) is 5.41 Å². The summed E-state index contributed by atoms with van der Waals surface area (Å²) in [7, 11) is 0. The van der Waals surface area contributed by atoms with E-state index >= 15 is 0 Å². The van der Waals surface area contributed by atoms with Crippen molar-refractivity contribution in [2.24, 2.45) is 0 Å². The quantitative estimate of drug-likeness (QED) is 0.0709. The van der Waals surface area contributed by atoms with Crippen molar-refractivity contribution in [2.45, 2.75) is 84.5 Å². The highest BCUT2D eigenvalue weighted by Crippen LogP contribution is 2.66. The van der Waals surface area contributed by atoms with Gasteiger partial charge in [-0.15, -0.1) is 0 Å². The lowest BCUT2D eigenvalue weighted by Crippen LogP contribution is -2.27. The Balaban J connectivity index is 1.05. The van der Waals surface area contributed by atoms with Crippen molar-refractivity contribution in [3.05, 3.63) is 285 Å². The topological polar surface area (TPSA) is 169 Å². The van der Waals surface area contributed by atoms with Gasteiger partial charge < -0.3 is 37.9 Å². The Morgan fingerprint density at radius 1 is 0.289 bits per heavy atom. The molecule has 97 heavy (non-hydrogen) atoms. The van der Waals surface area contributed by atoms with Crippen molar-refractivity contribution in [2.75, 3.05) is 0 Å². The monoisotopic (exact) mass is 1270 g/mol. The van der Waals surface area contributed by atoms with Crippen LogP contribution in [0.4, 0.5) is 0 Å². The molecule has 0 fully saturated rings. The van der Waals surface area contributed by atoms with Crippen LogP contribution in [0, 0.1) is 73.0 Å². The Hall–Kier alpha value is -12.5. The summed E-state index contributed by atoms with van der Waals surface area (Å²) in [6.45, 7) is 32.0. The summed E-state index contributed by atoms with van der Waals surface area (Å²) >= 11 is 0. The van der Waals surface area contributed by atoms with Crippen LogP contribution >= 0.6 is 0 Å². The zero-order valence-electron chi connectivity index (χ0n) is 55.3. The molecule has 10 aromatic carbocycles. The number of hydrogen-bond acceptors (Lipinski definition) is 12. The Morgan fingerprint density at radius 3 is 0.680 bits per heavy atom. The smallest absolute Gasteiger partial charge is 0.170 e. The zero-order chi connectivity index (χ0) is 68.5. The fraction of sp³-hybridized carbons (Fsp3) is 0.153. The highest BCUT2D eigenvalue weighted by atomic mass is 16.5. The standard InChI is InChI=1S/C85H68N4O8/c1-13-55-17-25-59(26-18-55)90-71-33-51(5)37-75(63(71)45-86)94-79-41-67-69(43-81(79)96-77-39-53(7)35-73(65(77)47-88)92-61-29-21-57(15-3)22-30-61)85(49-83(67,9)10)50-84(11,12)68-42-80(95-76-38-52(6)34-72(64(76)46-87)91-60-27-19-56(14-2)20-28-60)82(44-70(68)85)97-78-40-54(8)36-74(66(78)48-89)93-62-31-23-58(16-4)24-32-62/h13-44H,1-4,49-50H2,5-12H3. The van der Waals surface area contributed by atoms with E-state index in [-0.39, 0.29) is 91.2 Å². The van der Waals surface area contributed by atoms with Crippen LogP contribution in [-0.2, 0) is 16.2 Å². The van der Waals surface area contributed by atoms with Gasteiger partial charge in [0.25, 0.3) is 0 Å². The van der Waals surface area contributed by atoms with E-state index in [9.17, 15) is 21.0 Å². The van der Waals surface area contributed by atoms with Crippen LogP contribution in [0.15, 0.2) is 196 Å². The minimum Gasteiger partial charge on any atom is -0.456 e. The van der Waals surface area contributed by atoms with E-state index in [4.69, 9.17) is 37.9 Å². The number of benzene rings is 10. The Bertz CT molecular complexity index is 4720. The third-order valence-corrected chi connectivity index (χ3v) is 17.7. The lowest BCUT2D eigenvalue weighted by Gasteiger charge is -2.31. The van der Waals surface area contributed by atoms with Gasteiger partial charge in [0.2, 0.25) is 0 Å². The lowest BCUT2D eigenvalue weighted by atomic mass is 9.72. The molecule has 12 nitrogen and oxygen atoms in total. The second-order valence-corrected chi connectivity index (χ2v) is 25.8. The molecule has 0 bridgehead atoms. The first kappa shape index (κ1) is 64.6. The minimum absolute atomic E-state index is 0.133. The van der Waals surface area contributed by atoms with E-state index < -0.39 is 16.2 Å². The second kappa shape index (κ2) is 26.1. The maximum absolute atomic E-state index is 11.1. The molecule has 2 aliphatic rings. The first-order valence-corrected chi connectivity index (χ1v) is 31.6. The molecule has 476 valence electrons. The van der Waals surface area contributed by atoms with Crippen LogP contribution in [0.25, 0.3) is 24.3 Å². The first-order chi connectivity index (χ1) is 46.7. The molecule has 10 aromatic rings. The van der Waals surface area contributed by atoms with E-state index in [1.807, 2.05) is 149 Å². The molecule has 0 aromatic heterocycles. The molecule has 0 atom stereocenters. The van der Waals surface area contributed by atoms with E-state index in [2.05, 4.69) is 78.3 Å². The summed E-state index contributed by atoms with van der Waals surface area (Å²) in [5, 5.41) is 44.3. The normalized spacial score (nSPS) is 13.2. The summed E-state index contributed by atoms with van der Waals surface area (Å²) in [5.74, 6) is 5.04. The summed E-state index contributed by atoms with van der Waals surface area (Å²) in [6, 6.07) is 61.3. The summed E-state index contributed by atoms with van der Waals surface area (Å²) < 4.78 is 54.3. The molecule has 1 spiro atoms. The largest absolute Gasteiger partial charge is 0.456 e. The number of nitriles is 4. The highest BCUT2D eigenvalue weighted by Gasteiger charge is 2.57. The molecular weight excluding hydrogens is 1200 g/mol. The average Bonchev–Trinajstić information content (AvgIpc) is 1.53. The van der Waals surface area contributed by atoms with Crippen molar-refractivity contribution in [1.29, 1.82) is 21.0 Å². The van der Waals surface area contributed by atoms with Gasteiger partial charge in [0.1, 0.15) is 116 Å². The summed E-state index contributed by atoms with van der Waals surface area (Å²) in [4.78, 5) is 0. The molecule has 2 aliphatic carbocycles. The SMILES string of the molecule is C=Cc1ccc(Oc2cc(C)cc(Oc3cc4c(cc3Oc3cc(C)cc(Oc5ccc(C=C)cc5)c3C#N)C3(CC4(C)C)CC(C)(C)c4cc(Oc5cc(C)cc(Oc6ccc(C=C)cc6)c5C#N)c(Oc5cc(C)cc(Oc6ccc(C=C)cc6)c5C#N)cc43)c2C#N)cc1. The minimum atomic E-state index is -0.787. The Kier molecular flexibility index (Phi) is 17.4. The maximum atomic E-state index is 11.1. The summed E-state index contributed by atoms with van der Waals surface area (Å²) in [6.07, 6.45) is 8.14. The number of aryl methyl sites for hydroxylation is 4. The van der Waals surface area contributed by atoms with Gasteiger partial charge in [-0.2, -0.15) is 21.0 Å². The second-order valence-electron chi connectivity index (χ2n) is 25.8. The molecule has 0 saturated heterocycles. The van der Waals surface area contributed by atoms with Gasteiger partial charge >= 0.3 is 0 Å². The number of fused-ring (bicyclic) bond motifs is 4. The van der Waals surface area contributed by atoms with E-state index in [1.54, 1.807) is 72.8 Å². The van der Waals surface area contributed by atoms with Crippen molar-refractivity contribution in [3.8, 4) is 116 Å². The van der Waals surface area contributed by atoms with Crippen LogP contribution in [0.5, 0.6) is 92.0 Å². The molecular formula is C85H68N4O8. The highest BCUT2D eigenvalue weighted by molar-refractivity contribution is 5.71. The average molecular weight is 1270 g/mol. The van der Waals surface area contributed by atoms with Crippen LogP contribution < -0.4 is 37.9 Å². The number of rotatable bonds is 20. The first-order valence-electron chi connectivity index (χ1n) is 31.6. The maximum Gasteiger partial charge on any atom is 0.170 e. The molecule has 0 saturated carbocycles. The number of hydrogen-bond donors (Lipinski definition) is 0. The van der Waals surface area contributed by atoms with Crippen LogP contribution in [0.3, 0.4) is 0 Å². The fourth-order valence-electron chi connectivity index (χ4n) is 13.3. The molecule has 0 radical (unpaired) electrons. The van der Waals surface area contributed by atoms with Crippen molar-refractivity contribution in [1.82, 2.24) is 0 Å². The number of ether oxygens (including phenoxy) is 8.